The van der Waals surface area contributed by atoms with Crippen molar-refractivity contribution in [1.82, 2.24) is 0 Å². The summed E-state index contributed by atoms with van der Waals surface area (Å²) in [5.41, 5.74) is -1.22. The molecule has 0 radical (unpaired) electrons. The first kappa shape index (κ1) is 24.0. The number of carbonyl (C=O) groups is 4. The summed E-state index contributed by atoms with van der Waals surface area (Å²) < 4.78 is 0. The van der Waals surface area contributed by atoms with E-state index in [2.05, 4.69) is 0 Å². The summed E-state index contributed by atoms with van der Waals surface area (Å²) in [4.78, 5) is 48.6. The van der Waals surface area contributed by atoms with Gasteiger partial charge in [-0.2, -0.15) is 10.5 Å². The van der Waals surface area contributed by atoms with Crippen molar-refractivity contribution in [2.24, 2.45) is 17.8 Å². The zero-order valence-electron chi connectivity index (χ0n) is 16.2. The Balaban J connectivity index is 2.39. The maximum Gasteiger partial charge on any atom is 0.304 e. The molecule has 1 fully saturated rings. The van der Waals surface area contributed by atoms with Gasteiger partial charge in [0.1, 0.15) is 17.5 Å². The second-order valence-electron chi connectivity index (χ2n) is 7.21. The molecule has 0 aliphatic heterocycles. The smallest absolute Gasteiger partial charge is 0.304 e. The minimum atomic E-state index is -2.02. The second kappa shape index (κ2) is 9.71. The Morgan fingerprint density at radius 1 is 1.32 bits per heavy atom. The highest BCUT2D eigenvalue weighted by Gasteiger charge is 2.52. The average Bonchev–Trinajstić information content (AvgIpc) is 2.94. The summed E-state index contributed by atoms with van der Waals surface area (Å²) in [5, 5.41) is 59.1. The van der Waals surface area contributed by atoms with Crippen LogP contribution >= 0.6 is 0 Å². The number of nitrogens with zero attached hydrogens (tertiary/aromatic N) is 1. The third-order valence-corrected chi connectivity index (χ3v) is 5.26. The summed E-state index contributed by atoms with van der Waals surface area (Å²) in [6.45, 7) is 1.49. The van der Waals surface area contributed by atoms with E-state index in [1.807, 2.05) is 5.32 Å². The van der Waals surface area contributed by atoms with E-state index in [1.165, 1.54) is 19.1 Å². The summed E-state index contributed by atoms with van der Waals surface area (Å²) in [6.07, 6.45) is -0.825. The maximum atomic E-state index is 12.8. The average molecular weight is 436 g/mol. The van der Waals surface area contributed by atoms with E-state index in [1.54, 1.807) is 6.07 Å². The van der Waals surface area contributed by atoms with Crippen LogP contribution in [0, 0.1) is 39.5 Å². The lowest BCUT2D eigenvalue weighted by atomic mass is 9.80. The molecule has 6 atom stereocenters. The maximum absolute atomic E-state index is 12.8. The van der Waals surface area contributed by atoms with Crippen LogP contribution in [-0.4, -0.2) is 45.0 Å². The van der Waals surface area contributed by atoms with E-state index in [9.17, 15) is 40.0 Å². The number of carboxylic acid groups (broad SMARTS) is 1. The molecule has 0 saturated heterocycles. The highest BCUT2D eigenvalue weighted by Crippen LogP contribution is 2.38. The standard InChI is InChI=1S/C18H20N4O9/c1-8-5-12(23)10(6-13(24)25)14(8)16(22(30)31)17(26)18(27)20-15-9(7-19)3-2-4-11(15)21(28)29/h2-4,8,10,14,16,21-22,28,30H,5-6H2,1H3,(H,20,27)(H,24,25). The van der Waals surface area contributed by atoms with Crippen LogP contribution in [0.2, 0.25) is 0 Å². The van der Waals surface area contributed by atoms with Gasteiger partial charge in [-0.05, 0) is 12.0 Å². The number of aliphatic carboxylic acids is 1. The first-order valence-electron chi connectivity index (χ1n) is 9.08. The van der Waals surface area contributed by atoms with Crippen LogP contribution in [-0.2, 0) is 19.2 Å². The number of amides is 1. The van der Waals surface area contributed by atoms with Gasteiger partial charge in [0.25, 0.3) is 11.7 Å². The van der Waals surface area contributed by atoms with E-state index in [-0.39, 0.29) is 12.0 Å². The molecule has 0 heterocycles. The molecule has 1 aliphatic rings. The van der Waals surface area contributed by atoms with Gasteiger partial charge in [0.2, 0.25) is 0 Å². The van der Waals surface area contributed by atoms with Gasteiger partial charge in [0.15, 0.2) is 11.7 Å². The summed E-state index contributed by atoms with van der Waals surface area (Å²) >= 11 is 0. The zero-order chi connectivity index (χ0) is 23.5. The molecule has 1 aromatic rings. The molecule has 31 heavy (non-hydrogen) atoms. The van der Waals surface area contributed by atoms with Crippen molar-refractivity contribution in [3.8, 4) is 6.07 Å². The Morgan fingerprint density at radius 3 is 2.48 bits per heavy atom. The molecule has 2 rings (SSSR count). The molecule has 1 aromatic carbocycles. The van der Waals surface area contributed by atoms with Crippen LogP contribution < -0.4 is 15.8 Å². The fourth-order valence-corrected chi connectivity index (χ4v) is 3.94. The summed E-state index contributed by atoms with van der Waals surface area (Å²) in [6, 6.07) is 3.18. The van der Waals surface area contributed by atoms with Crippen molar-refractivity contribution in [3.05, 3.63) is 34.2 Å². The number of ketones is 2. The number of carboxylic acids is 1. The predicted molar refractivity (Wildman–Crippen MR) is 98.5 cm³/mol. The minimum absolute atomic E-state index is 0.137. The van der Waals surface area contributed by atoms with Crippen molar-refractivity contribution >= 4 is 34.8 Å². The number of benzene rings is 1. The topological polar surface area (TPSA) is 220 Å². The highest BCUT2D eigenvalue weighted by atomic mass is 16.8. The lowest BCUT2D eigenvalue weighted by Crippen LogP contribution is -3.11. The Bertz CT molecular complexity index is 940. The second-order valence-corrected chi connectivity index (χ2v) is 7.21. The van der Waals surface area contributed by atoms with Crippen LogP contribution in [0.1, 0.15) is 25.3 Å². The molecule has 13 nitrogen and oxygen atoms in total. The number of rotatable bonds is 8. The number of nitriles is 1. The first-order chi connectivity index (χ1) is 14.5. The van der Waals surface area contributed by atoms with Crippen LogP contribution in [0.4, 0.5) is 11.4 Å². The number of hydrogen-bond acceptors (Lipinski definition) is 9. The number of anilines is 1. The monoisotopic (exact) mass is 436 g/mol. The number of hydrogen-bond donors (Lipinski definition) is 6. The molecule has 1 aliphatic carbocycles. The van der Waals surface area contributed by atoms with Gasteiger partial charge in [0, 0.05) is 24.3 Å². The Hall–Kier alpha value is -3.25. The van der Waals surface area contributed by atoms with E-state index < -0.39 is 75.5 Å². The number of carbonyl (C=O) groups excluding carboxylic acids is 3. The normalized spacial score (nSPS) is 23.5. The lowest BCUT2D eigenvalue weighted by Gasteiger charge is -2.32. The molecule has 13 heteroatoms. The molecular formula is C18H20N4O9. The number of Topliss-reactive ketones (excluding diaryl/α,β-unsaturated/α-hetero) is 2. The van der Waals surface area contributed by atoms with Gasteiger partial charge >= 0.3 is 5.97 Å². The van der Waals surface area contributed by atoms with Gasteiger partial charge in [-0.1, -0.05) is 13.0 Å². The molecule has 166 valence electrons. The van der Waals surface area contributed by atoms with E-state index >= 15 is 0 Å². The van der Waals surface area contributed by atoms with Crippen molar-refractivity contribution in [2.45, 2.75) is 25.8 Å². The SMILES string of the molecule is CC1CC(=O)C(CC(=O)O)C1C(C(=O)C(=O)Nc1c(C#N)cccc1[NH+]([O-])O)[NH+]([O-])O. The minimum Gasteiger partial charge on any atom is -0.599 e. The van der Waals surface area contributed by atoms with Gasteiger partial charge in [0.05, 0.1) is 12.0 Å². The Morgan fingerprint density at radius 2 is 1.97 bits per heavy atom. The third-order valence-electron chi connectivity index (χ3n) is 5.26. The van der Waals surface area contributed by atoms with E-state index in [4.69, 9.17) is 10.4 Å². The number of para-hydroxylation sites is 1. The molecule has 6 unspecified atom stereocenters. The van der Waals surface area contributed by atoms with E-state index in [0.717, 1.165) is 6.07 Å². The molecule has 0 aromatic heterocycles. The van der Waals surface area contributed by atoms with Gasteiger partial charge in [-0.3, -0.25) is 19.2 Å². The van der Waals surface area contributed by atoms with Crippen molar-refractivity contribution in [1.29, 1.82) is 5.26 Å². The molecule has 0 spiro atoms. The summed E-state index contributed by atoms with van der Waals surface area (Å²) in [5.74, 6) is -7.99. The Kier molecular flexibility index (Phi) is 7.52. The molecule has 1 saturated carbocycles. The van der Waals surface area contributed by atoms with Gasteiger partial charge in [-0.25, -0.2) is 15.6 Å². The van der Waals surface area contributed by atoms with Crippen molar-refractivity contribution < 1.29 is 45.2 Å². The molecule has 0 bridgehead atoms. The molecule has 1 amide bonds. The third kappa shape index (κ3) is 5.09. The fraction of sp³-hybridized carbons (Fsp3) is 0.389. The van der Waals surface area contributed by atoms with Crippen molar-refractivity contribution in [2.75, 3.05) is 5.32 Å². The largest absolute Gasteiger partial charge is 0.599 e. The van der Waals surface area contributed by atoms with Crippen LogP contribution in [0.15, 0.2) is 18.2 Å². The number of hydroxylamine groups is 2. The van der Waals surface area contributed by atoms with E-state index in [0.29, 0.717) is 0 Å². The lowest BCUT2D eigenvalue weighted by molar-refractivity contribution is -1.06. The highest BCUT2D eigenvalue weighted by molar-refractivity contribution is 6.42. The fourth-order valence-electron chi connectivity index (χ4n) is 3.94. The van der Waals surface area contributed by atoms with Gasteiger partial charge < -0.3 is 20.8 Å². The molecular weight excluding hydrogens is 416 g/mol. The molecule has 6 N–H and O–H groups in total. The van der Waals surface area contributed by atoms with Crippen LogP contribution in [0.5, 0.6) is 0 Å². The van der Waals surface area contributed by atoms with Crippen LogP contribution in [0.25, 0.3) is 0 Å². The number of nitrogens with one attached hydrogen (secondary N) is 3. The van der Waals surface area contributed by atoms with Crippen LogP contribution in [0.3, 0.4) is 0 Å². The predicted octanol–water partition coefficient (Wildman–Crippen LogP) is -2.07. The van der Waals surface area contributed by atoms with Gasteiger partial charge in [-0.15, -0.1) is 0 Å². The zero-order valence-corrected chi connectivity index (χ0v) is 16.2. The Labute approximate surface area is 175 Å². The quantitative estimate of drug-likeness (QED) is 0.193. The summed E-state index contributed by atoms with van der Waals surface area (Å²) in [7, 11) is 0. The first-order valence-corrected chi connectivity index (χ1v) is 9.08. The number of quaternary nitrogens is 2. The van der Waals surface area contributed by atoms with Crippen molar-refractivity contribution in [3.63, 3.8) is 0 Å².